The summed E-state index contributed by atoms with van der Waals surface area (Å²) < 4.78 is 25.1. The van der Waals surface area contributed by atoms with Crippen molar-refractivity contribution >= 4 is 18.1 Å². The van der Waals surface area contributed by atoms with Gasteiger partial charge in [-0.05, 0) is 31.3 Å². The molecule has 0 radical (unpaired) electrons. The van der Waals surface area contributed by atoms with Crippen molar-refractivity contribution in [3.8, 4) is 0 Å². The molecule has 1 aliphatic heterocycles. The van der Waals surface area contributed by atoms with Crippen LogP contribution in [0.15, 0.2) is 0 Å². The quantitative estimate of drug-likeness (QED) is 0.286. The number of hydrogen-bond acceptors (Lipinski definition) is 6. The monoisotopic (exact) mass is 391 g/mol. The van der Waals surface area contributed by atoms with Gasteiger partial charge in [0.05, 0.1) is 6.61 Å². The van der Waals surface area contributed by atoms with Gasteiger partial charge in [0.15, 0.2) is 6.29 Å². The molecule has 2 atom stereocenters. The normalized spacial score (nSPS) is 19.6. The van der Waals surface area contributed by atoms with Crippen molar-refractivity contribution < 1.29 is 23.6 Å². The van der Waals surface area contributed by atoms with Crippen molar-refractivity contribution in [1.82, 2.24) is 5.32 Å². The zero-order valence-electron chi connectivity index (χ0n) is 16.2. The zero-order chi connectivity index (χ0) is 18.9. The van der Waals surface area contributed by atoms with Crippen LogP contribution in [0.3, 0.4) is 0 Å². The Kier molecular flexibility index (Phi) is 15.1. The summed E-state index contributed by atoms with van der Waals surface area (Å²) in [6.45, 7) is 3.44. The van der Waals surface area contributed by atoms with Gasteiger partial charge in [-0.25, -0.2) is 4.79 Å². The maximum Gasteiger partial charge on any atom is 0.407 e. The molecule has 1 fully saturated rings. The number of carbonyl (C=O) groups is 1. The van der Waals surface area contributed by atoms with Crippen molar-refractivity contribution in [3.63, 3.8) is 0 Å². The van der Waals surface area contributed by atoms with Crippen LogP contribution in [0.2, 0.25) is 0 Å². The fourth-order valence-electron chi connectivity index (χ4n) is 2.92. The number of carbonyl (C=O) groups excluding carboxylic acids is 1. The lowest BCUT2D eigenvalue weighted by Crippen LogP contribution is -2.29. The highest BCUT2D eigenvalue weighted by Gasteiger charge is 2.26. The van der Waals surface area contributed by atoms with Gasteiger partial charge in [0, 0.05) is 12.3 Å². The number of nitrogens with one attached hydrogen (secondary N) is 1. The second-order valence-electron chi connectivity index (χ2n) is 6.85. The van der Waals surface area contributed by atoms with Crippen LogP contribution in [0.4, 0.5) is 4.79 Å². The Morgan fingerprint density at radius 2 is 1.81 bits per heavy atom. The molecule has 1 aliphatic rings. The minimum atomic E-state index is -0.445. The number of alkyl carbamates (subject to hydrolysis) is 1. The zero-order valence-corrected chi connectivity index (χ0v) is 17.1. The van der Waals surface area contributed by atoms with Gasteiger partial charge in [0.25, 0.3) is 0 Å². The summed E-state index contributed by atoms with van der Waals surface area (Å²) in [5.74, 6) is 0.598. The molecule has 0 bridgehead atoms. The Hall–Kier alpha value is -0.500. The lowest BCUT2D eigenvalue weighted by molar-refractivity contribution is -0.0709. The molecule has 1 saturated heterocycles. The fraction of sp³-hybridized carbons (Fsp3) is 0.947. The van der Waals surface area contributed by atoms with Crippen LogP contribution in [0.5, 0.6) is 0 Å². The van der Waals surface area contributed by atoms with Crippen LogP contribution in [0.1, 0.15) is 77.6 Å². The smallest absolute Gasteiger partial charge is 0.407 e. The van der Waals surface area contributed by atoms with E-state index in [1.54, 1.807) is 0 Å². The third-order valence-electron chi connectivity index (χ3n) is 4.44. The van der Waals surface area contributed by atoms with E-state index < -0.39 is 6.09 Å². The topological polar surface area (TPSA) is 77.0 Å². The molecule has 2 unspecified atom stereocenters. The van der Waals surface area contributed by atoms with Gasteiger partial charge in [-0.15, -0.1) is 0 Å². The molecule has 26 heavy (non-hydrogen) atoms. The van der Waals surface area contributed by atoms with E-state index in [0.717, 1.165) is 24.9 Å². The molecule has 0 saturated carbocycles. The second-order valence-corrected chi connectivity index (χ2v) is 7.52. The highest BCUT2D eigenvalue weighted by molar-refractivity contribution is 7.93. The van der Waals surface area contributed by atoms with Gasteiger partial charge in [-0.3, -0.25) is 0 Å². The van der Waals surface area contributed by atoms with Gasteiger partial charge in [-0.1, -0.05) is 58.3 Å². The van der Waals surface area contributed by atoms with Crippen LogP contribution < -0.4 is 5.32 Å². The molecule has 0 spiro atoms. The van der Waals surface area contributed by atoms with Gasteiger partial charge in [0.2, 0.25) is 0 Å². The number of amides is 1. The minimum absolute atomic E-state index is 0.155. The number of rotatable bonds is 16. The first-order valence-corrected chi connectivity index (χ1v) is 11.1. The maximum absolute atomic E-state index is 11.5. The molecule has 0 aromatic carbocycles. The summed E-state index contributed by atoms with van der Waals surface area (Å²) in [5.41, 5.74) is 0. The predicted molar refractivity (Wildman–Crippen MR) is 106 cm³/mol. The number of ether oxygens (including phenoxy) is 3. The number of hydrogen-bond donors (Lipinski definition) is 2. The van der Waals surface area contributed by atoms with E-state index in [1.807, 2.05) is 0 Å². The lowest BCUT2D eigenvalue weighted by atomic mass is 10.1. The van der Waals surface area contributed by atoms with Crippen molar-refractivity contribution in [2.75, 3.05) is 25.5 Å². The van der Waals surface area contributed by atoms with E-state index in [1.165, 1.54) is 51.4 Å². The van der Waals surface area contributed by atoms with E-state index in [2.05, 4.69) is 12.2 Å². The van der Waals surface area contributed by atoms with Crippen molar-refractivity contribution in [2.24, 2.45) is 0 Å². The Balaban J connectivity index is 1.91. The molecule has 154 valence electrons. The molecule has 1 heterocycles. The van der Waals surface area contributed by atoms with Gasteiger partial charge < -0.3 is 24.1 Å². The Labute approximate surface area is 162 Å². The summed E-state index contributed by atoms with van der Waals surface area (Å²) in [6, 6.07) is 0. The van der Waals surface area contributed by atoms with Gasteiger partial charge in [0.1, 0.15) is 12.7 Å². The minimum Gasteiger partial charge on any atom is -0.447 e. The molecule has 0 aromatic heterocycles. The Morgan fingerprint density at radius 1 is 1.12 bits per heavy atom. The third kappa shape index (κ3) is 12.8. The van der Waals surface area contributed by atoms with Crippen LogP contribution in [0, 0.1) is 0 Å². The second kappa shape index (κ2) is 16.7. The summed E-state index contributed by atoms with van der Waals surface area (Å²) in [7, 11) is 0. The SMILES string of the molecule is CCCCCCCCCCCC1OCC(COC(=O)NCCCSO)O1. The first kappa shape index (κ1) is 23.5. The van der Waals surface area contributed by atoms with E-state index >= 15 is 0 Å². The summed E-state index contributed by atoms with van der Waals surface area (Å²) in [6.07, 6.45) is 12.6. The van der Waals surface area contributed by atoms with Crippen LogP contribution in [0.25, 0.3) is 0 Å². The Bertz CT molecular complexity index is 346. The molecule has 1 amide bonds. The van der Waals surface area contributed by atoms with E-state index in [0.29, 0.717) is 25.3 Å². The first-order valence-electron chi connectivity index (χ1n) is 10.2. The average molecular weight is 392 g/mol. The standard InChI is InChI=1S/C19H37NO5S/c1-2-3-4-5-6-7-8-9-10-12-18-23-15-17(25-18)16-24-19(21)20-13-11-14-26-22/h17-18,22H,2-16H2,1H3,(H,20,21). The van der Waals surface area contributed by atoms with Gasteiger partial charge >= 0.3 is 6.09 Å². The van der Waals surface area contributed by atoms with Crippen molar-refractivity contribution in [1.29, 1.82) is 0 Å². The number of unbranched alkanes of at least 4 members (excludes halogenated alkanes) is 8. The predicted octanol–water partition coefficient (Wildman–Crippen LogP) is 4.97. The van der Waals surface area contributed by atoms with Crippen molar-refractivity contribution in [3.05, 3.63) is 0 Å². The Morgan fingerprint density at radius 3 is 2.50 bits per heavy atom. The highest BCUT2D eigenvalue weighted by atomic mass is 32.2. The molecule has 6 nitrogen and oxygen atoms in total. The maximum atomic E-state index is 11.5. The molecule has 0 aliphatic carbocycles. The summed E-state index contributed by atoms with van der Waals surface area (Å²) >= 11 is 0.773. The largest absolute Gasteiger partial charge is 0.447 e. The molecule has 7 heteroatoms. The molecule has 1 rings (SSSR count). The van der Waals surface area contributed by atoms with Crippen LogP contribution in [-0.4, -0.2) is 48.6 Å². The molecular formula is C19H37NO5S. The van der Waals surface area contributed by atoms with Crippen LogP contribution >= 0.6 is 12.0 Å². The molecule has 2 N–H and O–H groups in total. The summed E-state index contributed by atoms with van der Waals surface area (Å²) in [5, 5.41) is 2.64. The summed E-state index contributed by atoms with van der Waals surface area (Å²) in [4.78, 5) is 11.5. The van der Waals surface area contributed by atoms with Crippen molar-refractivity contribution in [2.45, 2.75) is 89.9 Å². The average Bonchev–Trinajstić information content (AvgIpc) is 3.10. The van der Waals surface area contributed by atoms with E-state index in [4.69, 9.17) is 18.8 Å². The highest BCUT2D eigenvalue weighted by Crippen LogP contribution is 2.18. The fourth-order valence-corrected chi connectivity index (χ4v) is 3.19. The molecule has 0 aromatic rings. The van der Waals surface area contributed by atoms with E-state index in [-0.39, 0.29) is 19.0 Å². The lowest BCUT2D eigenvalue weighted by Gasteiger charge is -2.12. The van der Waals surface area contributed by atoms with E-state index in [9.17, 15) is 4.79 Å². The third-order valence-corrected chi connectivity index (χ3v) is 4.91. The molecular weight excluding hydrogens is 354 g/mol. The van der Waals surface area contributed by atoms with Crippen LogP contribution in [-0.2, 0) is 14.2 Å². The van der Waals surface area contributed by atoms with Gasteiger partial charge in [-0.2, -0.15) is 0 Å². The first-order chi connectivity index (χ1) is 12.8.